The average Bonchev–Trinajstić information content (AvgIpc) is 3.29. The molecule has 64 heavy (non-hydrogen) atoms. The third-order valence-electron chi connectivity index (χ3n) is 10.3. The van der Waals surface area contributed by atoms with E-state index in [1.54, 1.807) is 85.2 Å². The Balaban J connectivity index is 1.09. The third-order valence-corrected chi connectivity index (χ3v) is 10.8. The van der Waals surface area contributed by atoms with Gasteiger partial charge in [0.25, 0.3) is 0 Å². The maximum absolute atomic E-state index is 14.7. The van der Waals surface area contributed by atoms with Gasteiger partial charge in [0.1, 0.15) is 0 Å². The minimum absolute atomic E-state index is 0.0255. The van der Waals surface area contributed by atoms with Crippen LogP contribution in [-0.4, -0.2) is 37.6 Å². The van der Waals surface area contributed by atoms with Crippen LogP contribution in [0.3, 0.4) is 0 Å². The first kappa shape index (κ1) is 49.4. The predicted octanol–water partition coefficient (Wildman–Crippen LogP) is 15.5. The molecular formula is C52H56Cl2F2N2O6. The van der Waals surface area contributed by atoms with Crippen molar-refractivity contribution in [3.8, 4) is 23.0 Å². The van der Waals surface area contributed by atoms with Gasteiger partial charge in [0.15, 0.2) is 34.6 Å². The number of aliphatic imine (C=N–C) groups is 2. The minimum Gasteiger partial charge on any atom is -0.491 e. The number of esters is 2. The van der Waals surface area contributed by atoms with Gasteiger partial charge in [-0.1, -0.05) is 138 Å². The van der Waals surface area contributed by atoms with Crippen LogP contribution in [0.2, 0.25) is 10.0 Å². The lowest BCUT2D eigenvalue weighted by Gasteiger charge is -2.11. The zero-order valence-corrected chi connectivity index (χ0v) is 38.1. The summed E-state index contributed by atoms with van der Waals surface area (Å²) in [5.74, 6) is -2.15. The van der Waals surface area contributed by atoms with Crippen molar-refractivity contribution in [3.63, 3.8) is 0 Å². The third kappa shape index (κ3) is 16.5. The van der Waals surface area contributed by atoms with Gasteiger partial charge in [-0.2, -0.15) is 0 Å². The molecule has 0 saturated heterocycles. The number of hydrogen-bond donors (Lipinski definition) is 0. The SMILES string of the molecule is CCCCCCCCCOc1ccc(N=Cc2ccc(C(=O)Oc3cc(OC(=O)c4ccc(C=Nc5ccc(OCCCCCCCCC)c(F)c5)cc4)c(Cl)cc3Cl)cc2)cc1F. The summed E-state index contributed by atoms with van der Waals surface area (Å²) in [6.07, 6.45) is 19.2. The van der Waals surface area contributed by atoms with Crippen molar-refractivity contribution in [1.29, 1.82) is 0 Å². The highest BCUT2D eigenvalue weighted by Crippen LogP contribution is 2.37. The number of ether oxygens (including phenoxy) is 4. The molecule has 0 fully saturated rings. The van der Waals surface area contributed by atoms with Gasteiger partial charge in [0.05, 0.1) is 45.8 Å². The smallest absolute Gasteiger partial charge is 0.343 e. The maximum atomic E-state index is 14.7. The highest BCUT2D eigenvalue weighted by molar-refractivity contribution is 6.36. The van der Waals surface area contributed by atoms with Crippen LogP contribution in [0.5, 0.6) is 23.0 Å². The highest BCUT2D eigenvalue weighted by Gasteiger charge is 2.18. The van der Waals surface area contributed by atoms with Gasteiger partial charge < -0.3 is 18.9 Å². The van der Waals surface area contributed by atoms with Crippen molar-refractivity contribution in [2.75, 3.05) is 13.2 Å². The summed E-state index contributed by atoms with van der Waals surface area (Å²) < 4.78 is 51.7. The van der Waals surface area contributed by atoms with Gasteiger partial charge in [-0.25, -0.2) is 18.4 Å². The fourth-order valence-electron chi connectivity index (χ4n) is 6.55. The van der Waals surface area contributed by atoms with E-state index < -0.39 is 23.6 Å². The first-order valence-corrected chi connectivity index (χ1v) is 23.0. The van der Waals surface area contributed by atoms with E-state index in [9.17, 15) is 18.4 Å². The number of halogens is 4. The number of carbonyl (C=O) groups excluding carboxylic acids is 2. The molecule has 12 heteroatoms. The normalized spacial score (nSPS) is 11.3. The summed E-state index contributed by atoms with van der Waals surface area (Å²) in [5, 5.41) is 0.0510. The average molecular weight is 914 g/mol. The molecule has 0 aliphatic heterocycles. The standard InChI is InChI=1S/C52H56Cl2F2N2O6/c1-3-5-7-9-11-13-15-29-61-47-27-25-41(31-45(47)55)57-35-37-17-21-39(22-18-37)51(59)63-49-34-50(44(54)33-43(49)53)64-52(60)40-23-19-38(20-24-40)36-58-42-26-28-48(46(56)32-42)62-30-16-14-12-10-8-6-4-2/h17-28,31-36H,3-16,29-30H2,1-2H3. The Morgan fingerprint density at radius 1 is 0.484 bits per heavy atom. The number of nitrogens with zero attached hydrogens (tertiary/aromatic N) is 2. The molecular weight excluding hydrogens is 857 g/mol. The molecule has 0 bridgehead atoms. The van der Waals surface area contributed by atoms with Crippen LogP contribution in [0.1, 0.15) is 136 Å². The van der Waals surface area contributed by atoms with E-state index in [1.807, 2.05) is 0 Å². The van der Waals surface area contributed by atoms with Gasteiger partial charge in [-0.05, 0) is 78.6 Å². The molecule has 338 valence electrons. The van der Waals surface area contributed by atoms with E-state index in [0.717, 1.165) is 38.5 Å². The Bertz CT molecular complexity index is 2160. The topological polar surface area (TPSA) is 95.8 Å². The summed E-state index contributed by atoms with van der Waals surface area (Å²) in [7, 11) is 0. The molecule has 0 atom stereocenters. The second-order valence-corrected chi connectivity index (χ2v) is 16.2. The second kappa shape index (κ2) is 26.9. The van der Waals surface area contributed by atoms with Gasteiger partial charge in [0, 0.05) is 30.6 Å². The van der Waals surface area contributed by atoms with Crippen LogP contribution >= 0.6 is 23.2 Å². The van der Waals surface area contributed by atoms with E-state index in [1.165, 1.54) is 75.6 Å². The van der Waals surface area contributed by atoms with Crippen molar-refractivity contribution in [3.05, 3.63) is 141 Å². The first-order valence-electron chi connectivity index (χ1n) is 22.2. The summed E-state index contributed by atoms with van der Waals surface area (Å²) in [4.78, 5) is 34.9. The molecule has 0 N–H and O–H groups in total. The molecule has 5 rings (SSSR count). The zero-order chi connectivity index (χ0) is 45.5. The molecule has 0 radical (unpaired) electrons. The lowest BCUT2D eigenvalue weighted by Crippen LogP contribution is -2.11. The van der Waals surface area contributed by atoms with E-state index >= 15 is 0 Å². The largest absolute Gasteiger partial charge is 0.491 e. The number of hydrogen-bond acceptors (Lipinski definition) is 8. The Hall–Kier alpha value is -5.58. The fourth-order valence-corrected chi connectivity index (χ4v) is 7.01. The number of benzene rings is 5. The van der Waals surface area contributed by atoms with Crippen LogP contribution in [-0.2, 0) is 0 Å². The molecule has 0 heterocycles. The summed E-state index contributed by atoms with van der Waals surface area (Å²) >= 11 is 12.7. The van der Waals surface area contributed by atoms with Crippen LogP contribution in [0.25, 0.3) is 0 Å². The fraction of sp³-hybridized carbons (Fsp3) is 0.346. The first-order chi connectivity index (χ1) is 31.1. The van der Waals surface area contributed by atoms with Gasteiger partial charge >= 0.3 is 11.9 Å². The number of carbonyl (C=O) groups is 2. The van der Waals surface area contributed by atoms with Crippen LogP contribution in [0.15, 0.2) is 107 Å². The van der Waals surface area contributed by atoms with Crippen molar-refractivity contribution in [2.45, 2.75) is 104 Å². The molecule has 0 aliphatic rings. The van der Waals surface area contributed by atoms with Crippen molar-refractivity contribution < 1.29 is 37.3 Å². The maximum Gasteiger partial charge on any atom is 0.343 e. The Labute approximate surface area is 385 Å². The summed E-state index contributed by atoms with van der Waals surface area (Å²) in [6, 6.07) is 24.6. The van der Waals surface area contributed by atoms with Gasteiger partial charge in [-0.15, -0.1) is 0 Å². The molecule has 0 saturated carbocycles. The lowest BCUT2D eigenvalue weighted by atomic mass is 10.1. The van der Waals surface area contributed by atoms with Gasteiger partial charge in [-0.3, -0.25) is 9.98 Å². The van der Waals surface area contributed by atoms with Crippen LogP contribution in [0.4, 0.5) is 20.2 Å². The predicted molar refractivity (Wildman–Crippen MR) is 254 cm³/mol. The highest BCUT2D eigenvalue weighted by atomic mass is 35.5. The van der Waals surface area contributed by atoms with E-state index in [2.05, 4.69) is 23.8 Å². The van der Waals surface area contributed by atoms with Crippen LogP contribution in [0, 0.1) is 11.6 Å². The molecule has 0 unspecified atom stereocenters. The Morgan fingerprint density at radius 2 is 0.859 bits per heavy atom. The van der Waals surface area contributed by atoms with E-state index in [4.69, 9.17) is 42.1 Å². The summed E-state index contributed by atoms with van der Waals surface area (Å²) in [5.41, 5.74) is 2.57. The molecule has 0 spiro atoms. The van der Waals surface area contributed by atoms with Gasteiger partial charge in [0.2, 0.25) is 0 Å². The lowest BCUT2D eigenvalue weighted by molar-refractivity contribution is 0.0733. The molecule has 0 aromatic heterocycles. The molecule has 8 nitrogen and oxygen atoms in total. The molecule has 5 aromatic carbocycles. The van der Waals surface area contributed by atoms with E-state index in [0.29, 0.717) is 35.7 Å². The van der Waals surface area contributed by atoms with Crippen molar-refractivity contribution in [1.82, 2.24) is 0 Å². The Morgan fingerprint density at radius 3 is 1.23 bits per heavy atom. The summed E-state index contributed by atoms with van der Waals surface area (Å²) in [6.45, 7) is 5.32. The quantitative estimate of drug-likeness (QED) is 0.0237. The molecule has 0 amide bonds. The monoisotopic (exact) mass is 912 g/mol. The van der Waals surface area contributed by atoms with Crippen LogP contribution < -0.4 is 18.9 Å². The van der Waals surface area contributed by atoms with Crippen molar-refractivity contribution in [2.24, 2.45) is 9.98 Å². The molecule has 0 aliphatic carbocycles. The minimum atomic E-state index is -0.720. The molecule has 5 aromatic rings. The number of rotatable bonds is 26. The number of unbranched alkanes of at least 4 members (excludes halogenated alkanes) is 12. The second-order valence-electron chi connectivity index (χ2n) is 15.4. The zero-order valence-electron chi connectivity index (χ0n) is 36.6. The van der Waals surface area contributed by atoms with E-state index in [-0.39, 0.29) is 44.2 Å². The van der Waals surface area contributed by atoms with Crippen molar-refractivity contribution >= 4 is 58.9 Å². The Kier molecular flexibility index (Phi) is 20.8.